The maximum absolute atomic E-state index is 12.9. The number of imidazole rings is 1. The lowest BCUT2D eigenvalue weighted by atomic mass is 10.1. The summed E-state index contributed by atoms with van der Waals surface area (Å²) in [6, 6.07) is 17.3. The van der Waals surface area contributed by atoms with E-state index in [9.17, 15) is 14.4 Å². The van der Waals surface area contributed by atoms with Crippen molar-refractivity contribution in [2.45, 2.75) is 18.6 Å². The number of aryl methyl sites for hydroxylation is 2. The second kappa shape index (κ2) is 9.46. The van der Waals surface area contributed by atoms with Crippen LogP contribution in [-0.2, 0) is 20.6 Å². The van der Waals surface area contributed by atoms with Gasteiger partial charge in [0.15, 0.2) is 22.1 Å². The zero-order chi connectivity index (χ0) is 23.5. The maximum atomic E-state index is 12.9. The molecule has 0 amide bonds. The number of thioether (sulfide) groups is 1. The van der Waals surface area contributed by atoms with Gasteiger partial charge in [0.05, 0.1) is 5.75 Å². The van der Waals surface area contributed by atoms with Gasteiger partial charge in [-0.1, -0.05) is 84.1 Å². The van der Waals surface area contributed by atoms with Gasteiger partial charge < -0.3 is 4.57 Å². The first-order chi connectivity index (χ1) is 15.9. The molecule has 0 aliphatic heterocycles. The van der Waals surface area contributed by atoms with Gasteiger partial charge in [0.1, 0.15) is 0 Å². The lowest BCUT2D eigenvalue weighted by molar-refractivity contribution is 0.102. The number of hydrogen-bond acceptors (Lipinski definition) is 5. The van der Waals surface area contributed by atoms with Crippen molar-refractivity contribution in [2.75, 3.05) is 5.75 Å². The van der Waals surface area contributed by atoms with Crippen molar-refractivity contribution in [3.63, 3.8) is 0 Å². The van der Waals surface area contributed by atoms with E-state index in [-0.39, 0.29) is 11.5 Å². The van der Waals surface area contributed by atoms with Crippen LogP contribution in [0, 0.1) is 6.92 Å². The van der Waals surface area contributed by atoms with Gasteiger partial charge >= 0.3 is 5.69 Å². The topological polar surface area (TPSA) is 78.9 Å². The Kier molecular flexibility index (Phi) is 6.46. The molecule has 4 rings (SSSR count). The van der Waals surface area contributed by atoms with E-state index in [4.69, 9.17) is 0 Å². The predicted molar refractivity (Wildman–Crippen MR) is 132 cm³/mol. The minimum absolute atomic E-state index is 0.0276. The fraction of sp³-hybridized carbons (Fsp3) is 0.200. The Morgan fingerprint density at radius 1 is 1.00 bits per heavy atom. The summed E-state index contributed by atoms with van der Waals surface area (Å²) in [5.74, 6) is 0.142. The third-order valence-electron chi connectivity index (χ3n) is 5.42. The number of Topliss-reactive ketones (excluding diaryl/α,β-unsaturated/α-hetero) is 1. The van der Waals surface area contributed by atoms with Crippen molar-refractivity contribution >= 4 is 34.8 Å². The molecule has 0 spiro atoms. The van der Waals surface area contributed by atoms with Gasteiger partial charge in [-0.05, 0) is 12.5 Å². The lowest BCUT2D eigenvalue weighted by Crippen LogP contribution is -2.37. The molecule has 0 N–H and O–H groups in total. The smallest absolute Gasteiger partial charge is 0.309 e. The minimum atomic E-state index is -0.441. The van der Waals surface area contributed by atoms with Crippen LogP contribution in [0.2, 0.25) is 0 Å². The molecular formula is C25H24N4O3S. The van der Waals surface area contributed by atoms with Crippen molar-refractivity contribution in [2.24, 2.45) is 14.1 Å². The number of benzene rings is 2. The average Bonchev–Trinajstić information content (AvgIpc) is 3.19. The highest BCUT2D eigenvalue weighted by molar-refractivity contribution is 7.99. The van der Waals surface area contributed by atoms with Gasteiger partial charge in [0.2, 0.25) is 0 Å². The maximum Gasteiger partial charge on any atom is 0.332 e. The second-order valence-corrected chi connectivity index (χ2v) is 8.72. The highest BCUT2D eigenvalue weighted by atomic mass is 32.2. The van der Waals surface area contributed by atoms with Gasteiger partial charge in [-0.2, -0.15) is 0 Å². The number of carbonyl (C=O) groups excluding carboxylic acids is 1. The van der Waals surface area contributed by atoms with Crippen molar-refractivity contribution in [3.8, 4) is 0 Å². The van der Waals surface area contributed by atoms with E-state index in [1.54, 1.807) is 11.6 Å². The van der Waals surface area contributed by atoms with Gasteiger partial charge in [-0.25, -0.2) is 9.78 Å². The molecule has 168 valence electrons. The van der Waals surface area contributed by atoms with Crippen LogP contribution in [0.5, 0.6) is 0 Å². The van der Waals surface area contributed by atoms with Gasteiger partial charge in [-0.15, -0.1) is 0 Å². The van der Waals surface area contributed by atoms with Crippen LogP contribution in [0.4, 0.5) is 0 Å². The van der Waals surface area contributed by atoms with Crippen LogP contribution in [0.15, 0.2) is 75.4 Å². The molecule has 0 saturated carbocycles. The molecule has 2 heterocycles. The second-order valence-electron chi connectivity index (χ2n) is 7.77. The SMILES string of the molecule is Cc1ccc(C(=O)CSc2nc3c(c(=O)n(C)c(=O)n3C)n2C/C=C/c2ccccc2)cc1. The molecule has 0 bridgehead atoms. The summed E-state index contributed by atoms with van der Waals surface area (Å²) in [5, 5.41) is 0.515. The molecule has 0 radical (unpaired) electrons. The van der Waals surface area contributed by atoms with Gasteiger partial charge in [0, 0.05) is 26.2 Å². The molecule has 0 fully saturated rings. The van der Waals surface area contributed by atoms with E-state index in [1.165, 1.54) is 23.4 Å². The third-order valence-corrected chi connectivity index (χ3v) is 6.39. The molecule has 0 aliphatic rings. The predicted octanol–water partition coefficient (Wildman–Crippen LogP) is 3.43. The zero-order valence-electron chi connectivity index (χ0n) is 18.7. The average molecular weight is 461 g/mol. The van der Waals surface area contributed by atoms with Crippen molar-refractivity contribution in [3.05, 3.63) is 98.2 Å². The Morgan fingerprint density at radius 2 is 1.70 bits per heavy atom. The number of aromatic nitrogens is 4. The number of carbonyl (C=O) groups is 1. The Balaban J connectivity index is 1.71. The largest absolute Gasteiger partial charge is 0.332 e. The highest BCUT2D eigenvalue weighted by Crippen LogP contribution is 2.23. The quantitative estimate of drug-likeness (QED) is 0.312. The summed E-state index contributed by atoms with van der Waals surface area (Å²) in [5.41, 5.74) is 2.54. The molecule has 2 aromatic heterocycles. The van der Waals surface area contributed by atoms with Crippen molar-refractivity contribution < 1.29 is 4.79 Å². The fourth-order valence-corrected chi connectivity index (χ4v) is 4.42. The lowest BCUT2D eigenvalue weighted by Gasteiger charge is -2.07. The van der Waals surface area contributed by atoms with Crippen LogP contribution in [0.1, 0.15) is 21.5 Å². The molecule has 2 aromatic carbocycles. The van der Waals surface area contributed by atoms with E-state index in [0.29, 0.717) is 28.4 Å². The monoisotopic (exact) mass is 460 g/mol. The van der Waals surface area contributed by atoms with E-state index in [1.807, 2.05) is 73.7 Å². The number of ketones is 1. The summed E-state index contributed by atoms with van der Waals surface area (Å²) >= 11 is 1.26. The van der Waals surface area contributed by atoms with Crippen LogP contribution < -0.4 is 11.2 Å². The molecule has 0 aliphatic carbocycles. The standard InChI is InChI=1S/C25H24N4O3S/c1-17-11-13-19(14-12-17)20(30)16-33-24-26-22-21(23(31)28(3)25(32)27(22)2)29(24)15-7-10-18-8-5-4-6-9-18/h4-14H,15-16H2,1-3H3/b10-7+. The number of fused-ring (bicyclic) bond motifs is 1. The van der Waals surface area contributed by atoms with E-state index in [2.05, 4.69) is 4.98 Å². The molecule has 0 atom stereocenters. The summed E-state index contributed by atoms with van der Waals surface area (Å²) in [4.78, 5) is 42.6. The molecule has 0 saturated heterocycles. The van der Waals surface area contributed by atoms with Crippen molar-refractivity contribution in [1.82, 2.24) is 18.7 Å². The van der Waals surface area contributed by atoms with Crippen LogP contribution in [-0.4, -0.2) is 30.2 Å². The molecule has 8 heteroatoms. The summed E-state index contributed by atoms with van der Waals surface area (Å²) in [6.07, 6.45) is 3.90. The first-order valence-electron chi connectivity index (χ1n) is 10.5. The first-order valence-corrected chi connectivity index (χ1v) is 11.5. The number of nitrogens with zero attached hydrogens (tertiary/aromatic N) is 4. The molecule has 7 nitrogen and oxygen atoms in total. The van der Waals surface area contributed by atoms with Crippen LogP contribution in [0.3, 0.4) is 0 Å². The van der Waals surface area contributed by atoms with E-state index >= 15 is 0 Å². The number of rotatable bonds is 7. The summed E-state index contributed by atoms with van der Waals surface area (Å²) in [6.45, 7) is 2.35. The zero-order valence-corrected chi connectivity index (χ0v) is 19.5. The Hall–Kier alpha value is -3.65. The minimum Gasteiger partial charge on any atom is -0.309 e. The Bertz CT molecular complexity index is 1460. The first kappa shape index (κ1) is 22.5. The van der Waals surface area contributed by atoms with Crippen LogP contribution >= 0.6 is 11.8 Å². The molecule has 0 unspecified atom stereocenters. The van der Waals surface area contributed by atoms with Crippen LogP contribution in [0.25, 0.3) is 17.2 Å². The molecule has 4 aromatic rings. The van der Waals surface area contributed by atoms with Crippen molar-refractivity contribution in [1.29, 1.82) is 0 Å². The Morgan fingerprint density at radius 3 is 2.39 bits per heavy atom. The Labute approximate surface area is 195 Å². The van der Waals surface area contributed by atoms with E-state index in [0.717, 1.165) is 15.7 Å². The summed E-state index contributed by atoms with van der Waals surface area (Å²) < 4.78 is 4.21. The fourth-order valence-electron chi connectivity index (χ4n) is 3.52. The molecule has 33 heavy (non-hydrogen) atoms. The molecular weight excluding hydrogens is 436 g/mol. The van der Waals surface area contributed by atoms with Gasteiger partial charge in [0.25, 0.3) is 5.56 Å². The number of allylic oxidation sites excluding steroid dienone is 1. The van der Waals surface area contributed by atoms with E-state index < -0.39 is 11.2 Å². The summed E-state index contributed by atoms with van der Waals surface area (Å²) in [7, 11) is 3.04. The van der Waals surface area contributed by atoms with Gasteiger partial charge in [-0.3, -0.25) is 18.7 Å². The number of hydrogen-bond donors (Lipinski definition) is 0. The normalized spacial score (nSPS) is 11.5. The highest BCUT2D eigenvalue weighted by Gasteiger charge is 2.20. The third kappa shape index (κ3) is 4.61.